The molecule has 0 aromatic heterocycles. The van der Waals surface area contributed by atoms with Gasteiger partial charge in [0.2, 0.25) is 10.0 Å². The van der Waals surface area contributed by atoms with E-state index in [-0.39, 0.29) is 4.90 Å². The van der Waals surface area contributed by atoms with Gasteiger partial charge >= 0.3 is 0 Å². The number of primary sulfonamides is 1. The summed E-state index contributed by atoms with van der Waals surface area (Å²) in [5.41, 5.74) is 7.01. The minimum absolute atomic E-state index is 0.0810. The molecule has 6 heteroatoms. The van der Waals surface area contributed by atoms with Gasteiger partial charge in [0, 0.05) is 24.5 Å². The Morgan fingerprint density at radius 2 is 2.11 bits per heavy atom. The fraction of sp³-hybridized carbons (Fsp3) is 0.500. The second-order valence-corrected chi connectivity index (χ2v) is 6.38. The fourth-order valence-electron chi connectivity index (χ4n) is 2.35. The Bertz CT molecular complexity index is 542. The molecular formula is C12H19N3O2S. The number of hydrogen-bond donors (Lipinski definition) is 2. The first-order valence-electron chi connectivity index (χ1n) is 6.08. The van der Waals surface area contributed by atoms with E-state index in [0.717, 1.165) is 31.6 Å². The normalized spacial score (nSPS) is 20.3. The Kier molecular flexibility index (Phi) is 3.49. The van der Waals surface area contributed by atoms with Crippen molar-refractivity contribution >= 4 is 21.4 Å². The number of hydrogen-bond acceptors (Lipinski definition) is 4. The second-order valence-electron chi connectivity index (χ2n) is 4.81. The van der Waals surface area contributed by atoms with Crippen LogP contribution in [0.1, 0.15) is 19.8 Å². The lowest BCUT2D eigenvalue weighted by Gasteiger charge is -2.19. The van der Waals surface area contributed by atoms with Crippen LogP contribution < -0.4 is 15.8 Å². The average Bonchev–Trinajstić information content (AvgIpc) is 2.75. The molecule has 1 unspecified atom stereocenters. The Morgan fingerprint density at radius 1 is 1.39 bits per heavy atom. The fourth-order valence-corrected chi connectivity index (χ4v) is 2.94. The minimum atomic E-state index is -3.70. The third kappa shape index (κ3) is 2.76. The number of nitrogens with two attached hydrogens (primary N) is 2. The van der Waals surface area contributed by atoms with Gasteiger partial charge in [-0.05, 0) is 30.5 Å². The first-order chi connectivity index (χ1) is 8.40. The van der Waals surface area contributed by atoms with E-state index in [1.165, 1.54) is 6.07 Å². The molecular weight excluding hydrogens is 250 g/mol. The highest BCUT2D eigenvalue weighted by Gasteiger charge is 2.22. The molecule has 1 aliphatic rings. The summed E-state index contributed by atoms with van der Waals surface area (Å²) in [6.45, 7) is 4.05. The maximum Gasteiger partial charge on any atom is 0.238 e. The largest absolute Gasteiger partial charge is 0.399 e. The van der Waals surface area contributed by atoms with Crippen molar-refractivity contribution in [2.45, 2.75) is 24.7 Å². The summed E-state index contributed by atoms with van der Waals surface area (Å²) in [7, 11) is -3.70. The summed E-state index contributed by atoms with van der Waals surface area (Å²) in [6.07, 6.45) is 2.27. The average molecular weight is 269 g/mol. The highest BCUT2D eigenvalue weighted by atomic mass is 32.2. The lowest BCUT2D eigenvalue weighted by molar-refractivity contribution is 0.569. The van der Waals surface area contributed by atoms with Crippen LogP contribution in [0.2, 0.25) is 0 Å². The van der Waals surface area contributed by atoms with Crippen molar-refractivity contribution < 1.29 is 8.42 Å². The van der Waals surface area contributed by atoms with Crippen molar-refractivity contribution in [3.63, 3.8) is 0 Å². The standard InChI is InChI=1S/C12H19N3O2S/c1-2-9-3-4-15(8-9)11-5-10(13)6-12(7-11)18(14,16)17/h5-7,9H,2-4,8,13H2,1H3,(H2,14,16,17). The van der Waals surface area contributed by atoms with Crippen LogP contribution in [0.25, 0.3) is 0 Å². The lowest BCUT2D eigenvalue weighted by atomic mass is 10.1. The van der Waals surface area contributed by atoms with E-state index in [1.54, 1.807) is 12.1 Å². The van der Waals surface area contributed by atoms with Gasteiger partial charge in [-0.25, -0.2) is 13.6 Å². The predicted molar refractivity (Wildman–Crippen MR) is 72.8 cm³/mol. The zero-order valence-electron chi connectivity index (χ0n) is 10.5. The van der Waals surface area contributed by atoms with Crippen molar-refractivity contribution in [3.05, 3.63) is 18.2 Å². The Balaban J connectivity index is 2.32. The Morgan fingerprint density at radius 3 is 2.67 bits per heavy atom. The van der Waals surface area contributed by atoms with Gasteiger partial charge in [0.1, 0.15) is 0 Å². The van der Waals surface area contributed by atoms with E-state index in [1.807, 2.05) is 0 Å². The molecule has 0 amide bonds. The van der Waals surface area contributed by atoms with Crippen LogP contribution >= 0.6 is 0 Å². The topological polar surface area (TPSA) is 89.4 Å². The van der Waals surface area contributed by atoms with Gasteiger partial charge in [0.25, 0.3) is 0 Å². The van der Waals surface area contributed by atoms with Gasteiger partial charge in [-0.3, -0.25) is 0 Å². The van der Waals surface area contributed by atoms with Crippen LogP contribution in [-0.4, -0.2) is 21.5 Å². The SMILES string of the molecule is CCC1CCN(c2cc(N)cc(S(N)(=O)=O)c2)C1. The molecule has 0 radical (unpaired) electrons. The molecule has 1 heterocycles. The molecule has 1 atom stereocenters. The zero-order chi connectivity index (χ0) is 13.3. The van der Waals surface area contributed by atoms with Crippen LogP contribution in [0.3, 0.4) is 0 Å². The van der Waals surface area contributed by atoms with Gasteiger partial charge in [-0.15, -0.1) is 0 Å². The van der Waals surface area contributed by atoms with E-state index in [4.69, 9.17) is 10.9 Å². The van der Waals surface area contributed by atoms with Crippen molar-refractivity contribution in [2.24, 2.45) is 11.1 Å². The highest BCUT2D eigenvalue weighted by Crippen LogP contribution is 2.29. The molecule has 0 saturated carbocycles. The molecule has 1 saturated heterocycles. The third-order valence-corrected chi connectivity index (χ3v) is 4.36. The number of sulfonamides is 1. The smallest absolute Gasteiger partial charge is 0.238 e. The molecule has 0 spiro atoms. The number of nitrogen functional groups attached to an aromatic ring is 1. The zero-order valence-corrected chi connectivity index (χ0v) is 11.3. The van der Waals surface area contributed by atoms with Gasteiger partial charge in [0.15, 0.2) is 0 Å². The summed E-state index contributed by atoms with van der Waals surface area (Å²) in [6, 6.07) is 4.79. The molecule has 5 nitrogen and oxygen atoms in total. The molecule has 4 N–H and O–H groups in total. The summed E-state index contributed by atoms with van der Waals surface area (Å²) < 4.78 is 22.8. The minimum Gasteiger partial charge on any atom is -0.399 e. The molecule has 0 aliphatic carbocycles. The highest BCUT2D eigenvalue weighted by molar-refractivity contribution is 7.89. The van der Waals surface area contributed by atoms with Crippen molar-refractivity contribution in [1.82, 2.24) is 0 Å². The molecule has 100 valence electrons. The van der Waals surface area contributed by atoms with Gasteiger partial charge in [0.05, 0.1) is 4.90 Å². The maximum absolute atomic E-state index is 11.4. The number of rotatable bonds is 3. The predicted octanol–water partition coefficient (Wildman–Crippen LogP) is 1.15. The van der Waals surface area contributed by atoms with E-state index in [9.17, 15) is 8.42 Å². The summed E-state index contributed by atoms with van der Waals surface area (Å²) in [5, 5.41) is 5.14. The number of benzene rings is 1. The number of anilines is 2. The number of nitrogens with zero attached hydrogens (tertiary/aromatic N) is 1. The van der Waals surface area contributed by atoms with Crippen LogP contribution in [-0.2, 0) is 10.0 Å². The molecule has 1 aliphatic heterocycles. The monoisotopic (exact) mass is 269 g/mol. The van der Waals surface area contributed by atoms with E-state index < -0.39 is 10.0 Å². The second kappa shape index (κ2) is 4.78. The van der Waals surface area contributed by atoms with E-state index in [0.29, 0.717) is 11.6 Å². The Hall–Kier alpha value is -1.27. The summed E-state index contributed by atoms with van der Waals surface area (Å²) in [4.78, 5) is 2.25. The van der Waals surface area contributed by atoms with Gasteiger partial charge < -0.3 is 10.6 Å². The Labute approximate surface area is 108 Å². The van der Waals surface area contributed by atoms with Crippen molar-refractivity contribution in [2.75, 3.05) is 23.7 Å². The molecule has 1 aromatic rings. The van der Waals surface area contributed by atoms with E-state index in [2.05, 4.69) is 11.8 Å². The molecule has 2 rings (SSSR count). The first kappa shape index (κ1) is 13.2. The quantitative estimate of drug-likeness (QED) is 0.806. The van der Waals surface area contributed by atoms with Gasteiger partial charge in [-0.1, -0.05) is 13.3 Å². The molecule has 18 heavy (non-hydrogen) atoms. The van der Waals surface area contributed by atoms with Crippen molar-refractivity contribution in [1.29, 1.82) is 0 Å². The molecule has 1 aromatic carbocycles. The lowest BCUT2D eigenvalue weighted by Crippen LogP contribution is -2.21. The van der Waals surface area contributed by atoms with Crippen LogP contribution in [0.15, 0.2) is 23.1 Å². The third-order valence-electron chi connectivity index (χ3n) is 3.47. The van der Waals surface area contributed by atoms with E-state index >= 15 is 0 Å². The van der Waals surface area contributed by atoms with Crippen LogP contribution in [0, 0.1) is 5.92 Å². The van der Waals surface area contributed by atoms with Crippen LogP contribution in [0.4, 0.5) is 11.4 Å². The van der Waals surface area contributed by atoms with Gasteiger partial charge in [-0.2, -0.15) is 0 Å². The van der Waals surface area contributed by atoms with Crippen molar-refractivity contribution in [3.8, 4) is 0 Å². The maximum atomic E-state index is 11.4. The summed E-state index contributed by atoms with van der Waals surface area (Å²) >= 11 is 0. The molecule has 1 fully saturated rings. The summed E-state index contributed by atoms with van der Waals surface area (Å²) in [5.74, 6) is 0.671. The first-order valence-corrected chi connectivity index (χ1v) is 7.63. The molecule has 0 bridgehead atoms. The van der Waals surface area contributed by atoms with Crippen LogP contribution in [0.5, 0.6) is 0 Å².